The van der Waals surface area contributed by atoms with Crippen molar-refractivity contribution in [1.29, 1.82) is 0 Å². The van der Waals surface area contributed by atoms with E-state index in [1.54, 1.807) is 18.7 Å². The highest BCUT2D eigenvalue weighted by Crippen LogP contribution is 2.23. The first-order valence-electron chi connectivity index (χ1n) is 8.29. The molecule has 2 heterocycles. The van der Waals surface area contributed by atoms with Crippen LogP contribution in [-0.2, 0) is 19.6 Å². The molecular formula is C17H20N4O5S. The van der Waals surface area contributed by atoms with E-state index in [4.69, 9.17) is 4.52 Å². The Morgan fingerprint density at radius 1 is 1.19 bits per heavy atom. The van der Waals surface area contributed by atoms with Gasteiger partial charge in [-0.2, -0.15) is 0 Å². The van der Waals surface area contributed by atoms with E-state index in [-0.39, 0.29) is 28.5 Å². The van der Waals surface area contributed by atoms with Crippen molar-refractivity contribution in [3.05, 3.63) is 35.5 Å². The summed E-state index contributed by atoms with van der Waals surface area (Å²) in [6.07, 6.45) is 0. The molecule has 2 aromatic rings. The van der Waals surface area contributed by atoms with Crippen molar-refractivity contribution in [2.45, 2.75) is 25.7 Å². The average Bonchev–Trinajstić information content (AvgIpc) is 2.85. The van der Waals surface area contributed by atoms with Crippen LogP contribution in [0, 0.1) is 19.8 Å². The first-order chi connectivity index (χ1) is 12.7. The Balaban J connectivity index is 1.63. The molecule has 1 saturated heterocycles. The highest BCUT2D eigenvalue weighted by Gasteiger charge is 2.34. The summed E-state index contributed by atoms with van der Waals surface area (Å²) in [6, 6.07) is 5.79. The SMILES string of the molecule is CC(=O)N1CC(C(=O)Nc2ccc(S(=O)(=O)Nc3onc(C)c3C)cc2)C1. The largest absolute Gasteiger partial charge is 0.341 e. The number of nitrogens with zero attached hydrogens (tertiary/aromatic N) is 2. The molecule has 1 aliphatic rings. The summed E-state index contributed by atoms with van der Waals surface area (Å²) < 4.78 is 32.2. The fourth-order valence-corrected chi connectivity index (χ4v) is 3.60. The molecule has 0 atom stereocenters. The van der Waals surface area contributed by atoms with Crippen molar-refractivity contribution in [2.75, 3.05) is 23.1 Å². The first kappa shape index (κ1) is 18.9. The minimum absolute atomic E-state index is 0.0281. The number of hydrogen-bond acceptors (Lipinski definition) is 6. The van der Waals surface area contributed by atoms with Gasteiger partial charge in [0.25, 0.3) is 10.0 Å². The van der Waals surface area contributed by atoms with Crippen molar-refractivity contribution < 1.29 is 22.5 Å². The van der Waals surface area contributed by atoms with Crippen molar-refractivity contribution in [1.82, 2.24) is 10.1 Å². The van der Waals surface area contributed by atoms with Crippen LogP contribution in [0.25, 0.3) is 0 Å². The van der Waals surface area contributed by atoms with Crippen LogP contribution in [0.3, 0.4) is 0 Å². The van der Waals surface area contributed by atoms with Gasteiger partial charge in [-0.3, -0.25) is 9.59 Å². The Bertz CT molecular complexity index is 975. The van der Waals surface area contributed by atoms with E-state index in [0.717, 1.165) is 0 Å². The maximum Gasteiger partial charge on any atom is 0.264 e. The molecule has 1 aromatic carbocycles. The molecule has 3 rings (SSSR count). The van der Waals surface area contributed by atoms with E-state index in [2.05, 4.69) is 15.2 Å². The van der Waals surface area contributed by atoms with Gasteiger partial charge in [0.15, 0.2) is 0 Å². The average molecular weight is 392 g/mol. The maximum absolute atomic E-state index is 12.4. The second-order valence-corrected chi connectivity index (χ2v) is 8.14. The number of aromatic nitrogens is 1. The van der Waals surface area contributed by atoms with Crippen LogP contribution in [-0.4, -0.2) is 43.4 Å². The number of carbonyl (C=O) groups is 2. The fourth-order valence-electron chi connectivity index (χ4n) is 2.55. The van der Waals surface area contributed by atoms with Gasteiger partial charge in [-0.1, -0.05) is 5.16 Å². The summed E-state index contributed by atoms with van der Waals surface area (Å²) >= 11 is 0. The molecule has 1 aliphatic heterocycles. The predicted molar refractivity (Wildman–Crippen MR) is 97.6 cm³/mol. The lowest BCUT2D eigenvalue weighted by atomic mass is 9.99. The molecule has 1 aromatic heterocycles. The number of likely N-dealkylation sites (tertiary alicyclic amines) is 1. The molecule has 0 bridgehead atoms. The molecule has 10 heteroatoms. The van der Waals surface area contributed by atoms with Gasteiger partial charge in [0.1, 0.15) is 0 Å². The van der Waals surface area contributed by atoms with Gasteiger partial charge in [0.2, 0.25) is 17.7 Å². The van der Waals surface area contributed by atoms with Gasteiger partial charge >= 0.3 is 0 Å². The normalized spacial score (nSPS) is 14.6. The quantitative estimate of drug-likeness (QED) is 0.795. The van der Waals surface area contributed by atoms with Crippen molar-refractivity contribution in [3.63, 3.8) is 0 Å². The van der Waals surface area contributed by atoms with Gasteiger partial charge in [-0.15, -0.1) is 0 Å². The Morgan fingerprint density at radius 3 is 2.33 bits per heavy atom. The van der Waals surface area contributed by atoms with E-state index in [9.17, 15) is 18.0 Å². The number of aryl methyl sites for hydroxylation is 1. The summed E-state index contributed by atoms with van der Waals surface area (Å²) in [5.41, 5.74) is 1.69. The lowest BCUT2D eigenvalue weighted by Crippen LogP contribution is -2.53. The van der Waals surface area contributed by atoms with Crippen molar-refractivity contribution in [3.8, 4) is 0 Å². The van der Waals surface area contributed by atoms with Gasteiger partial charge in [0, 0.05) is 31.3 Å². The summed E-state index contributed by atoms with van der Waals surface area (Å²) in [5, 5.41) is 6.44. The number of rotatable bonds is 5. The summed E-state index contributed by atoms with van der Waals surface area (Å²) in [4.78, 5) is 24.9. The number of carbonyl (C=O) groups excluding carboxylic acids is 2. The third-order valence-electron chi connectivity index (χ3n) is 4.51. The Labute approximate surface area is 156 Å². The number of amides is 2. The molecular weight excluding hydrogens is 372 g/mol. The highest BCUT2D eigenvalue weighted by molar-refractivity contribution is 7.92. The number of anilines is 2. The third-order valence-corrected chi connectivity index (χ3v) is 5.86. The molecule has 1 fully saturated rings. The lowest BCUT2D eigenvalue weighted by molar-refractivity contribution is -0.139. The van der Waals surface area contributed by atoms with Crippen molar-refractivity contribution in [2.24, 2.45) is 5.92 Å². The van der Waals surface area contributed by atoms with Gasteiger partial charge in [-0.25, -0.2) is 13.1 Å². The zero-order valence-electron chi connectivity index (χ0n) is 15.1. The highest BCUT2D eigenvalue weighted by atomic mass is 32.2. The van der Waals surface area contributed by atoms with Crippen LogP contribution in [0.1, 0.15) is 18.2 Å². The van der Waals surface area contributed by atoms with E-state index in [1.165, 1.54) is 31.2 Å². The minimum atomic E-state index is -3.83. The summed E-state index contributed by atoms with van der Waals surface area (Å²) in [6.45, 7) is 5.67. The Kier molecular flexibility index (Phi) is 4.92. The van der Waals surface area contributed by atoms with E-state index in [0.29, 0.717) is 30.0 Å². The zero-order chi connectivity index (χ0) is 19.8. The second kappa shape index (κ2) is 7.03. The van der Waals surface area contributed by atoms with Crippen LogP contribution in [0.4, 0.5) is 11.6 Å². The molecule has 0 aliphatic carbocycles. The van der Waals surface area contributed by atoms with Crippen LogP contribution in [0.5, 0.6) is 0 Å². The predicted octanol–water partition coefficient (Wildman–Crippen LogP) is 1.51. The molecule has 27 heavy (non-hydrogen) atoms. The molecule has 9 nitrogen and oxygen atoms in total. The third kappa shape index (κ3) is 3.95. The van der Waals surface area contributed by atoms with Crippen LogP contribution in [0.15, 0.2) is 33.7 Å². The van der Waals surface area contributed by atoms with E-state index < -0.39 is 10.0 Å². The number of nitrogens with one attached hydrogen (secondary N) is 2. The number of hydrogen-bond donors (Lipinski definition) is 2. The number of benzene rings is 1. The molecule has 0 unspecified atom stereocenters. The fraction of sp³-hybridized carbons (Fsp3) is 0.353. The smallest absolute Gasteiger partial charge is 0.264 e. The second-order valence-electron chi connectivity index (χ2n) is 6.46. The summed E-state index contributed by atoms with van der Waals surface area (Å²) in [7, 11) is -3.83. The Hall–Kier alpha value is -2.88. The van der Waals surface area contributed by atoms with Crippen LogP contribution >= 0.6 is 0 Å². The number of sulfonamides is 1. The van der Waals surface area contributed by atoms with Gasteiger partial charge in [0.05, 0.1) is 16.5 Å². The van der Waals surface area contributed by atoms with E-state index in [1.807, 2.05) is 0 Å². The van der Waals surface area contributed by atoms with Crippen LogP contribution in [0.2, 0.25) is 0 Å². The maximum atomic E-state index is 12.4. The molecule has 2 N–H and O–H groups in total. The summed E-state index contributed by atoms with van der Waals surface area (Å²) in [5.74, 6) is -0.436. The molecule has 2 amide bonds. The van der Waals surface area contributed by atoms with Gasteiger partial charge in [-0.05, 0) is 38.1 Å². The minimum Gasteiger partial charge on any atom is -0.341 e. The van der Waals surface area contributed by atoms with Crippen molar-refractivity contribution >= 4 is 33.4 Å². The molecule has 0 radical (unpaired) electrons. The topological polar surface area (TPSA) is 122 Å². The molecule has 0 spiro atoms. The monoisotopic (exact) mass is 392 g/mol. The van der Waals surface area contributed by atoms with E-state index >= 15 is 0 Å². The van der Waals surface area contributed by atoms with Crippen LogP contribution < -0.4 is 10.0 Å². The molecule has 0 saturated carbocycles. The molecule has 144 valence electrons. The Morgan fingerprint density at radius 2 is 1.81 bits per heavy atom. The lowest BCUT2D eigenvalue weighted by Gasteiger charge is -2.37. The zero-order valence-corrected chi connectivity index (χ0v) is 16.0. The standard InChI is InChI=1S/C17H20N4O5S/c1-10-11(2)19-26-17(10)20-27(24,25)15-6-4-14(5-7-15)18-16(23)13-8-21(9-13)12(3)22/h4-7,13,20H,8-9H2,1-3H3,(H,18,23). The first-order valence-corrected chi connectivity index (χ1v) is 9.78. The van der Waals surface area contributed by atoms with Gasteiger partial charge < -0.3 is 14.7 Å².